The van der Waals surface area contributed by atoms with Crippen molar-refractivity contribution in [3.63, 3.8) is 0 Å². The van der Waals surface area contributed by atoms with E-state index in [-0.39, 0.29) is 66.6 Å². The maximum absolute atomic E-state index is 15.1. The number of likely N-dealkylation sites (tertiary alicyclic amines) is 1. The minimum Gasteiger partial charge on any atom is -0.497 e. The third-order valence-electron chi connectivity index (χ3n) is 12.3. The van der Waals surface area contributed by atoms with Gasteiger partial charge in [-0.2, -0.15) is 0 Å². The molecule has 4 heterocycles. The summed E-state index contributed by atoms with van der Waals surface area (Å²) in [5.41, 5.74) is 0.444. The van der Waals surface area contributed by atoms with Gasteiger partial charge < -0.3 is 39.8 Å². The van der Waals surface area contributed by atoms with Crippen molar-refractivity contribution < 1.29 is 38.5 Å². The zero-order valence-corrected chi connectivity index (χ0v) is 32.8. The number of methoxy groups -OCH3 is 2. The van der Waals surface area contributed by atoms with Crippen molar-refractivity contribution in [1.82, 2.24) is 10.2 Å². The Hall–Kier alpha value is -3.78. The van der Waals surface area contributed by atoms with Gasteiger partial charge in [0.25, 0.3) is 5.91 Å². The molecule has 6 atom stereocenters. The van der Waals surface area contributed by atoms with Crippen LogP contribution in [-0.2, 0) is 34.3 Å². The summed E-state index contributed by atoms with van der Waals surface area (Å²) >= 11 is 0. The highest BCUT2D eigenvalue weighted by Gasteiger charge is 2.66. The number of hydrogen-bond donors (Lipinski definition) is 3. The number of nitrogens with one attached hydrogen (secondary N) is 2. The van der Waals surface area contributed by atoms with Gasteiger partial charge in [0.2, 0.25) is 11.8 Å². The second-order valence-corrected chi connectivity index (χ2v) is 20.4. The first-order chi connectivity index (χ1) is 25.5. The van der Waals surface area contributed by atoms with E-state index in [4.69, 9.17) is 14.2 Å². The zero-order valence-electron chi connectivity index (χ0n) is 31.8. The van der Waals surface area contributed by atoms with Gasteiger partial charge >= 0.3 is 5.97 Å². The maximum atomic E-state index is 15.1. The lowest BCUT2D eigenvalue weighted by Gasteiger charge is -2.37. The van der Waals surface area contributed by atoms with Crippen LogP contribution < -0.4 is 25.5 Å². The molecule has 1 unspecified atom stereocenters. The Morgan fingerprint density at radius 1 is 1.08 bits per heavy atom. The van der Waals surface area contributed by atoms with Crippen LogP contribution in [0.5, 0.6) is 5.75 Å². The summed E-state index contributed by atoms with van der Waals surface area (Å²) in [6, 6.07) is 13.5. The van der Waals surface area contributed by atoms with E-state index >= 15 is 4.79 Å². The van der Waals surface area contributed by atoms with Crippen LogP contribution in [0.25, 0.3) is 0 Å². The molecule has 2 aromatic rings. The summed E-state index contributed by atoms with van der Waals surface area (Å²) in [6.07, 6.45) is 4.22. The summed E-state index contributed by atoms with van der Waals surface area (Å²) in [6.45, 7) is 9.04. The molecule has 6 rings (SSSR count). The molecule has 0 bridgehead atoms. The van der Waals surface area contributed by atoms with Crippen LogP contribution in [0.1, 0.15) is 63.9 Å². The first-order valence-corrected chi connectivity index (χ1v) is 22.3. The standard InChI is InChI=1S/C40H56N4O8Si/c1-26-37(53(4,5)31-16-14-30(50-2)15-17-31)34(23-35(46)43-21-9-11-29(43)25-45)52-40(26)32-22-28(42-38(48)27-10-8-19-41-24-27)13-18-33(32)44(39(40)49)20-7-6-12-36(47)51-3/h13-18,22,26-27,29,34,37,41,45H,6-12,19-21,23-25H2,1-5H3,(H,42,48)/t26-,27?,29-,34+,37-,40+/m0/s1. The van der Waals surface area contributed by atoms with Crippen molar-refractivity contribution in [2.45, 2.75) is 94.7 Å². The molecular weight excluding hydrogens is 693 g/mol. The summed E-state index contributed by atoms with van der Waals surface area (Å²) < 4.78 is 17.5. The lowest BCUT2D eigenvalue weighted by molar-refractivity contribution is -0.150. The molecule has 1 spiro atoms. The number of nitrogens with zero attached hydrogens (tertiary/aromatic N) is 2. The number of anilines is 2. The number of unbranched alkanes of at least 4 members (excludes halogenated alkanes) is 1. The average Bonchev–Trinajstić information content (AvgIpc) is 3.83. The number of rotatable bonds is 13. The number of ether oxygens (including phenoxy) is 3. The number of carbonyl (C=O) groups excluding carboxylic acids is 4. The highest BCUT2D eigenvalue weighted by atomic mass is 28.3. The summed E-state index contributed by atoms with van der Waals surface area (Å²) in [7, 11) is 0.493. The second-order valence-electron chi connectivity index (χ2n) is 15.7. The van der Waals surface area contributed by atoms with Gasteiger partial charge in [0.15, 0.2) is 5.60 Å². The van der Waals surface area contributed by atoms with Gasteiger partial charge in [0.05, 0.1) is 59.1 Å². The molecule has 2 aromatic carbocycles. The SMILES string of the molecule is COC(=O)CCCCN1C(=O)[C@]2(O[C@H](CC(=O)N3CCC[C@H]3CO)[C@@H]([Si](C)(C)c3ccc(OC)cc3)[C@@H]2C)c2cc(NC(=O)C3CCCNC3)ccc21. The number of fused-ring (bicyclic) bond motifs is 2. The Bertz CT molecular complexity index is 1660. The van der Waals surface area contributed by atoms with Gasteiger partial charge in [0.1, 0.15) is 5.75 Å². The van der Waals surface area contributed by atoms with Gasteiger partial charge in [-0.3, -0.25) is 19.2 Å². The molecule has 288 valence electrons. The Labute approximate surface area is 313 Å². The minimum atomic E-state index is -2.52. The molecule has 3 saturated heterocycles. The van der Waals surface area contributed by atoms with Gasteiger partial charge in [-0.1, -0.05) is 37.3 Å². The molecule has 3 amide bonds. The maximum Gasteiger partial charge on any atom is 0.305 e. The van der Waals surface area contributed by atoms with Crippen molar-refractivity contribution in [2.75, 3.05) is 57.2 Å². The van der Waals surface area contributed by atoms with Crippen LogP contribution in [0.3, 0.4) is 0 Å². The number of aliphatic hydroxyl groups excluding tert-OH is 1. The van der Waals surface area contributed by atoms with E-state index in [2.05, 4.69) is 42.8 Å². The molecule has 0 aliphatic carbocycles. The minimum absolute atomic E-state index is 0.0611. The average molecular weight is 749 g/mol. The number of benzene rings is 2. The first-order valence-electron chi connectivity index (χ1n) is 19.2. The molecule has 3 fully saturated rings. The number of amides is 3. The molecule has 53 heavy (non-hydrogen) atoms. The smallest absolute Gasteiger partial charge is 0.305 e. The lowest BCUT2D eigenvalue weighted by atomic mass is 9.82. The van der Waals surface area contributed by atoms with E-state index in [1.54, 1.807) is 16.9 Å². The molecule has 0 saturated carbocycles. The van der Waals surface area contributed by atoms with Crippen molar-refractivity contribution in [3.05, 3.63) is 48.0 Å². The van der Waals surface area contributed by atoms with Crippen molar-refractivity contribution in [1.29, 1.82) is 0 Å². The Balaban J connectivity index is 1.40. The number of hydrogen-bond acceptors (Lipinski definition) is 9. The summed E-state index contributed by atoms with van der Waals surface area (Å²) in [5, 5.41) is 17.7. The fourth-order valence-electron chi connectivity index (χ4n) is 9.42. The van der Waals surface area contributed by atoms with Gasteiger partial charge in [-0.05, 0) is 80.9 Å². The molecule has 12 nitrogen and oxygen atoms in total. The van der Waals surface area contributed by atoms with E-state index in [1.807, 2.05) is 30.3 Å². The van der Waals surface area contributed by atoms with Crippen LogP contribution in [0, 0.1) is 11.8 Å². The molecule has 0 radical (unpaired) electrons. The number of esters is 1. The Kier molecular flexibility index (Phi) is 12.0. The highest BCUT2D eigenvalue weighted by molar-refractivity contribution is 6.91. The van der Waals surface area contributed by atoms with Crippen molar-refractivity contribution in [3.8, 4) is 5.75 Å². The normalized spacial score (nSPS) is 26.9. The summed E-state index contributed by atoms with van der Waals surface area (Å²) in [5.74, 6) is -0.351. The summed E-state index contributed by atoms with van der Waals surface area (Å²) in [4.78, 5) is 58.1. The van der Waals surface area contributed by atoms with Gasteiger partial charge in [-0.15, -0.1) is 0 Å². The van der Waals surface area contributed by atoms with Crippen LogP contribution in [0.4, 0.5) is 11.4 Å². The highest BCUT2D eigenvalue weighted by Crippen LogP contribution is 2.60. The largest absolute Gasteiger partial charge is 0.497 e. The molecular formula is C40H56N4O8Si. The fraction of sp³-hybridized carbons (Fsp3) is 0.600. The third kappa shape index (κ3) is 7.50. The number of carbonyl (C=O) groups is 4. The fourth-order valence-corrected chi connectivity index (χ4v) is 13.4. The van der Waals surface area contributed by atoms with Crippen molar-refractivity contribution in [2.24, 2.45) is 11.8 Å². The van der Waals surface area contributed by atoms with E-state index in [0.717, 1.165) is 43.2 Å². The first kappa shape index (κ1) is 38.9. The number of aliphatic hydroxyl groups is 1. The Morgan fingerprint density at radius 2 is 1.85 bits per heavy atom. The van der Waals surface area contributed by atoms with Crippen LogP contribution in [-0.4, -0.2) is 101 Å². The molecule has 13 heteroatoms. The third-order valence-corrected chi connectivity index (χ3v) is 16.7. The van der Waals surface area contributed by atoms with Gasteiger partial charge in [-0.25, -0.2) is 0 Å². The van der Waals surface area contributed by atoms with Gasteiger partial charge in [0, 0.05) is 43.2 Å². The van der Waals surface area contributed by atoms with Crippen LogP contribution >= 0.6 is 0 Å². The van der Waals surface area contributed by atoms with E-state index in [0.29, 0.717) is 49.4 Å². The quantitative estimate of drug-likeness (QED) is 0.158. The molecule has 4 aliphatic rings. The van der Waals surface area contributed by atoms with Crippen molar-refractivity contribution >= 4 is 48.3 Å². The Morgan fingerprint density at radius 3 is 2.53 bits per heavy atom. The van der Waals surface area contributed by atoms with Crippen LogP contribution in [0.15, 0.2) is 42.5 Å². The molecule has 0 aromatic heterocycles. The van der Waals surface area contributed by atoms with E-state index in [9.17, 15) is 19.5 Å². The zero-order chi connectivity index (χ0) is 37.9. The van der Waals surface area contributed by atoms with E-state index in [1.165, 1.54) is 7.11 Å². The van der Waals surface area contributed by atoms with E-state index < -0.39 is 19.8 Å². The predicted molar refractivity (Wildman–Crippen MR) is 205 cm³/mol. The topological polar surface area (TPSA) is 147 Å². The second kappa shape index (κ2) is 16.3. The lowest BCUT2D eigenvalue weighted by Crippen LogP contribution is -2.52. The number of piperidine rings is 1. The predicted octanol–water partition coefficient (Wildman–Crippen LogP) is 3.91. The van der Waals surface area contributed by atoms with Crippen LogP contribution in [0.2, 0.25) is 18.6 Å². The molecule has 4 aliphatic heterocycles. The monoisotopic (exact) mass is 748 g/mol. The molecule has 3 N–H and O–H groups in total.